The largest absolute Gasteiger partial charge is 0.504 e. The van der Waals surface area contributed by atoms with E-state index in [-0.39, 0.29) is 17.9 Å². The number of carbonyl (C=O) groups is 3. The van der Waals surface area contributed by atoms with E-state index in [0.29, 0.717) is 52.2 Å². The van der Waals surface area contributed by atoms with Crippen molar-refractivity contribution in [2.45, 2.75) is 18.0 Å². The molecule has 10 nitrogen and oxygen atoms in total. The van der Waals surface area contributed by atoms with E-state index in [9.17, 15) is 24.6 Å². The molecule has 0 saturated carbocycles. The van der Waals surface area contributed by atoms with E-state index in [0.717, 1.165) is 4.90 Å². The lowest BCUT2D eigenvalue weighted by molar-refractivity contribution is -0.130. The number of phenolic OH excluding ortho intramolecular Hbond substituents is 2. The van der Waals surface area contributed by atoms with Crippen molar-refractivity contribution < 1.29 is 34.1 Å². The average molecular weight is 548 g/mol. The number of carbonyl (C=O) groups excluding carboxylic acids is 3. The number of ether oxygens (including phenoxy) is 2. The number of hydrogen-bond donors (Lipinski definition) is 4. The summed E-state index contributed by atoms with van der Waals surface area (Å²) in [6, 6.07) is 13.5. The first-order chi connectivity index (χ1) is 18.8. The number of anilines is 2. The number of halogens is 1. The molecule has 0 aliphatic carbocycles. The fourth-order valence-electron chi connectivity index (χ4n) is 6.32. The van der Waals surface area contributed by atoms with Crippen LogP contribution in [0.3, 0.4) is 0 Å². The molecule has 2 saturated heterocycles. The smallest absolute Gasteiger partial charge is 0.250 e. The van der Waals surface area contributed by atoms with Crippen molar-refractivity contribution in [2.75, 3.05) is 23.4 Å². The second-order valence-electron chi connectivity index (χ2n) is 10.1. The van der Waals surface area contributed by atoms with Gasteiger partial charge in [0.2, 0.25) is 17.7 Å². The monoisotopic (exact) mass is 547 g/mol. The van der Waals surface area contributed by atoms with Crippen molar-refractivity contribution >= 4 is 40.7 Å². The van der Waals surface area contributed by atoms with Gasteiger partial charge in [-0.25, -0.2) is 4.90 Å². The third kappa shape index (κ3) is 3.34. The van der Waals surface area contributed by atoms with Crippen molar-refractivity contribution in [2.24, 2.45) is 11.8 Å². The molecule has 7 rings (SSSR count). The van der Waals surface area contributed by atoms with Gasteiger partial charge in [0.15, 0.2) is 23.0 Å². The highest BCUT2D eigenvalue weighted by Crippen LogP contribution is 2.54. The lowest BCUT2D eigenvalue weighted by atomic mass is 9.76. The Hall–Kier alpha value is -4.28. The Balaban J connectivity index is 1.35. The molecule has 4 heterocycles. The van der Waals surface area contributed by atoms with Crippen molar-refractivity contribution in [1.82, 2.24) is 5.32 Å². The van der Waals surface area contributed by atoms with E-state index in [1.54, 1.807) is 42.5 Å². The molecule has 1 spiro atoms. The predicted octanol–water partition coefficient (Wildman–Crippen LogP) is 2.69. The van der Waals surface area contributed by atoms with Gasteiger partial charge >= 0.3 is 0 Å². The maximum atomic E-state index is 14.2. The van der Waals surface area contributed by atoms with Crippen LogP contribution in [-0.4, -0.2) is 47.2 Å². The summed E-state index contributed by atoms with van der Waals surface area (Å²) in [7, 11) is 0. The molecular formula is C28H22ClN3O7. The zero-order chi connectivity index (χ0) is 27.1. The lowest BCUT2D eigenvalue weighted by Gasteiger charge is -2.30. The Labute approximate surface area is 227 Å². The van der Waals surface area contributed by atoms with Gasteiger partial charge in [0.05, 0.1) is 17.5 Å². The number of rotatable bonds is 3. The van der Waals surface area contributed by atoms with Crippen LogP contribution in [0.5, 0.6) is 23.0 Å². The molecule has 4 aliphatic heterocycles. The van der Waals surface area contributed by atoms with Gasteiger partial charge < -0.3 is 25.0 Å². The number of phenols is 2. The highest BCUT2D eigenvalue weighted by molar-refractivity contribution is 6.31. The fourth-order valence-corrected chi connectivity index (χ4v) is 6.50. The fraction of sp³-hybridized carbons (Fsp3) is 0.250. The minimum Gasteiger partial charge on any atom is -0.504 e. The van der Waals surface area contributed by atoms with Crippen LogP contribution in [0.1, 0.15) is 11.1 Å². The standard InChI is InChI=1S/C28H22ClN3O7/c29-14-2-4-17-16(11-14)28(27(37)30-17)24-23(18(31-28)9-13-1-5-19(33)20(34)10-13)25(35)32(26(24)36)15-3-6-21-22(12-15)39-8-7-38-21/h1-6,10-12,18,23-24,31,33-34H,7-9H2,(H,30,37)/t18-,23+,24-,28-/m0/s1. The van der Waals surface area contributed by atoms with E-state index >= 15 is 0 Å². The number of aromatic hydroxyl groups is 2. The first-order valence-corrected chi connectivity index (χ1v) is 12.8. The summed E-state index contributed by atoms with van der Waals surface area (Å²) in [5.41, 5.74) is 0.405. The average Bonchev–Trinajstić information content (AvgIpc) is 3.50. The van der Waals surface area contributed by atoms with E-state index in [2.05, 4.69) is 10.6 Å². The summed E-state index contributed by atoms with van der Waals surface area (Å²) < 4.78 is 11.3. The highest BCUT2D eigenvalue weighted by Gasteiger charge is 2.70. The topological polar surface area (TPSA) is 137 Å². The second kappa shape index (κ2) is 8.36. The number of fused-ring (bicyclic) bond motifs is 5. The van der Waals surface area contributed by atoms with Crippen LogP contribution in [0.4, 0.5) is 11.4 Å². The number of nitrogens with one attached hydrogen (secondary N) is 2. The van der Waals surface area contributed by atoms with Crippen molar-refractivity contribution in [3.05, 3.63) is 70.7 Å². The molecule has 0 unspecified atom stereocenters. The molecule has 11 heteroatoms. The third-order valence-electron chi connectivity index (χ3n) is 7.96. The number of nitrogens with zero attached hydrogens (tertiary/aromatic N) is 1. The summed E-state index contributed by atoms with van der Waals surface area (Å²) in [5.74, 6) is -3.03. The quantitative estimate of drug-likeness (QED) is 0.290. The molecule has 2 fully saturated rings. The van der Waals surface area contributed by atoms with Gasteiger partial charge in [-0.15, -0.1) is 0 Å². The van der Waals surface area contributed by atoms with Gasteiger partial charge in [0.1, 0.15) is 18.8 Å². The minimum absolute atomic E-state index is 0.202. The van der Waals surface area contributed by atoms with Gasteiger partial charge in [-0.05, 0) is 54.4 Å². The Kier molecular flexibility index (Phi) is 5.10. The van der Waals surface area contributed by atoms with Crippen LogP contribution in [0.2, 0.25) is 5.02 Å². The number of amides is 3. The number of hydrogen-bond acceptors (Lipinski definition) is 8. The van der Waals surface area contributed by atoms with Gasteiger partial charge in [0, 0.05) is 28.4 Å². The van der Waals surface area contributed by atoms with E-state index in [1.807, 2.05) is 0 Å². The molecule has 39 heavy (non-hydrogen) atoms. The van der Waals surface area contributed by atoms with Crippen LogP contribution in [0.15, 0.2) is 54.6 Å². The molecule has 3 aromatic carbocycles. The first-order valence-electron chi connectivity index (χ1n) is 12.5. The number of benzene rings is 3. The Bertz CT molecular complexity index is 1590. The molecule has 198 valence electrons. The molecule has 3 amide bonds. The van der Waals surface area contributed by atoms with Crippen LogP contribution in [0.25, 0.3) is 0 Å². The van der Waals surface area contributed by atoms with Crippen molar-refractivity contribution in [1.29, 1.82) is 0 Å². The lowest BCUT2D eigenvalue weighted by Crippen LogP contribution is -2.53. The molecule has 4 N–H and O–H groups in total. The van der Waals surface area contributed by atoms with Crippen LogP contribution < -0.4 is 25.0 Å². The van der Waals surface area contributed by atoms with Crippen molar-refractivity contribution in [3.63, 3.8) is 0 Å². The highest BCUT2D eigenvalue weighted by atomic mass is 35.5. The van der Waals surface area contributed by atoms with Gasteiger partial charge in [-0.2, -0.15) is 0 Å². The molecular weight excluding hydrogens is 526 g/mol. The molecule has 4 atom stereocenters. The van der Waals surface area contributed by atoms with Gasteiger partial charge in [-0.1, -0.05) is 17.7 Å². The van der Waals surface area contributed by atoms with E-state index in [1.165, 1.54) is 12.1 Å². The SMILES string of the molecule is O=C1[C@@H]2[C@H](Cc3ccc(O)c(O)c3)N[C@]3(C(=O)Nc4ccc(Cl)cc43)[C@@H]2C(=O)N1c1ccc2c(c1)OCCO2. The molecule has 0 radical (unpaired) electrons. The second-order valence-corrected chi connectivity index (χ2v) is 10.5. The van der Waals surface area contributed by atoms with E-state index < -0.39 is 41.1 Å². The zero-order valence-corrected chi connectivity index (χ0v) is 21.1. The molecule has 0 aromatic heterocycles. The van der Waals surface area contributed by atoms with Gasteiger partial charge in [0.25, 0.3) is 0 Å². The Morgan fingerprint density at radius 2 is 1.72 bits per heavy atom. The third-order valence-corrected chi connectivity index (χ3v) is 8.19. The Morgan fingerprint density at radius 1 is 0.923 bits per heavy atom. The summed E-state index contributed by atoms with van der Waals surface area (Å²) in [4.78, 5) is 43.0. The first kappa shape index (κ1) is 23.8. The van der Waals surface area contributed by atoms with E-state index in [4.69, 9.17) is 21.1 Å². The summed E-state index contributed by atoms with van der Waals surface area (Å²) in [5, 5.41) is 26.4. The summed E-state index contributed by atoms with van der Waals surface area (Å²) >= 11 is 6.32. The van der Waals surface area contributed by atoms with Gasteiger partial charge in [-0.3, -0.25) is 19.7 Å². The zero-order valence-electron chi connectivity index (χ0n) is 20.3. The molecule has 3 aromatic rings. The van der Waals surface area contributed by atoms with Crippen LogP contribution in [-0.2, 0) is 26.3 Å². The summed E-state index contributed by atoms with van der Waals surface area (Å²) in [6.07, 6.45) is 0.202. The Morgan fingerprint density at radius 3 is 2.51 bits per heavy atom. The predicted molar refractivity (Wildman–Crippen MR) is 139 cm³/mol. The van der Waals surface area contributed by atoms with Crippen LogP contribution in [0, 0.1) is 11.8 Å². The minimum atomic E-state index is -1.54. The molecule has 4 aliphatic rings. The van der Waals surface area contributed by atoms with Crippen LogP contribution >= 0.6 is 11.6 Å². The summed E-state index contributed by atoms with van der Waals surface area (Å²) in [6.45, 7) is 0.744. The normalized spacial score (nSPS) is 26.6. The maximum absolute atomic E-state index is 14.2. The number of imide groups is 1. The molecule has 0 bridgehead atoms. The van der Waals surface area contributed by atoms with Crippen molar-refractivity contribution in [3.8, 4) is 23.0 Å². The maximum Gasteiger partial charge on any atom is 0.250 e.